The summed E-state index contributed by atoms with van der Waals surface area (Å²) in [5.41, 5.74) is 0.891. The molecule has 3 saturated carbocycles. The molecule has 0 heterocycles. The average molecular weight is 375 g/mol. The van der Waals surface area contributed by atoms with Gasteiger partial charge in [0.15, 0.2) is 0 Å². The summed E-state index contributed by atoms with van der Waals surface area (Å²) >= 11 is 0. The maximum Gasteiger partial charge on any atom is 0.126 e. The van der Waals surface area contributed by atoms with Gasteiger partial charge in [0.25, 0.3) is 0 Å². The first-order chi connectivity index (χ1) is 13.1. The minimum atomic E-state index is -0.423. The normalized spacial score (nSPS) is 36.1. The summed E-state index contributed by atoms with van der Waals surface area (Å²) in [5, 5.41) is 0. The molecule has 0 saturated heterocycles. The summed E-state index contributed by atoms with van der Waals surface area (Å²) in [5.74, 6) is 4.04. The van der Waals surface area contributed by atoms with E-state index in [2.05, 4.69) is 6.92 Å². The van der Waals surface area contributed by atoms with Gasteiger partial charge in [0.05, 0.1) is 0 Å². The second-order valence-corrected chi connectivity index (χ2v) is 9.98. The number of hydrogen-bond acceptors (Lipinski definition) is 0. The molecule has 3 fully saturated rings. The van der Waals surface area contributed by atoms with E-state index >= 15 is 0 Å². The van der Waals surface area contributed by atoms with E-state index in [0.29, 0.717) is 5.92 Å². The highest BCUT2D eigenvalue weighted by Crippen LogP contribution is 2.53. The van der Waals surface area contributed by atoms with E-state index in [0.717, 1.165) is 54.1 Å². The number of halogens is 2. The molecule has 27 heavy (non-hydrogen) atoms. The van der Waals surface area contributed by atoms with Crippen LogP contribution in [0.5, 0.6) is 0 Å². The standard InChI is InChI=1S/C25H36F2/c1-2-3-17-4-6-18(7-5-17)8-9-19-10-20-12-22(13-21(20)11-19)23-14-24(26)16-25(27)15-23/h14-22H,2-13H2,1H3. The molecule has 150 valence electrons. The Hall–Kier alpha value is -0.920. The van der Waals surface area contributed by atoms with E-state index in [1.165, 1.54) is 64.2 Å². The molecular weight excluding hydrogens is 338 g/mol. The number of rotatable bonds is 6. The van der Waals surface area contributed by atoms with Gasteiger partial charge in [-0.05, 0) is 78.9 Å². The maximum absolute atomic E-state index is 13.5. The van der Waals surface area contributed by atoms with Gasteiger partial charge < -0.3 is 0 Å². The van der Waals surface area contributed by atoms with Crippen LogP contribution in [-0.2, 0) is 0 Å². The maximum atomic E-state index is 13.5. The first kappa shape index (κ1) is 19.4. The molecule has 2 unspecified atom stereocenters. The molecule has 4 rings (SSSR count). The number of hydrogen-bond donors (Lipinski definition) is 0. The van der Waals surface area contributed by atoms with Gasteiger partial charge in [0.2, 0.25) is 0 Å². The minimum Gasteiger partial charge on any atom is -0.207 e. The fraction of sp³-hybridized carbons (Fsp3) is 0.760. The van der Waals surface area contributed by atoms with Gasteiger partial charge in [0, 0.05) is 6.07 Å². The van der Waals surface area contributed by atoms with Crippen LogP contribution in [0, 0.1) is 41.2 Å². The Bertz CT molecular complexity index is 582. The molecule has 1 aromatic carbocycles. The number of fused-ring (bicyclic) bond motifs is 1. The lowest BCUT2D eigenvalue weighted by molar-refractivity contribution is 0.238. The molecule has 0 amide bonds. The summed E-state index contributed by atoms with van der Waals surface area (Å²) in [6.07, 6.45) is 16.6. The first-order valence-corrected chi connectivity index (χ1v) is 11.6. The average Bonchev–Trinajstić information content (AvgIpc) is 3.19. The van der Waals surface area contributed by atoms with Crippen molar-refractivity contribution in [2.24, 2.45) is 29.6 Å². The highest BCUT2D eigenvalue weighted by molar-refractivity contribution is 5.23. The van der Waals surface area contributed by atoms with Crippen molar-refractivity contribution < 1.29 is 8.78 Å². The largest absolute Gasteiger partial charge is 0.207 e. The van der Waals surface area contributed by atoms with Crippen molar-refractivity contribution in [1.29, 1.82) is 0 Å². The Morgan fingerprint density at radius 2 is 1.22 bits per heavy atom. The molecule has 0 N–H and O–H groups in total. The van der Waals surface area contributed by atoms with Crippen LogP contribution in [0.1, 0.15) is 95.5 Å². The monoisotopic (exact) mass is 374 g/mol. The quantitative estimate of drug-likeness (QED) is 0.475. The molecule has 0 spiro atoms. The Kier molecular flexibility index (Phi) is 6.19. The van der Waals surface area contributed by atoms with Crippen molar-refractivity contribution in [2.45, 2.75) is 89.9 Å². The smallest absolute Gasteiger partial charge is 0.126 e. The Balaban J connectivity index is 1.21. The Morgan fingerprint density at radius 1 is 0.704 bits per heavy atom. The molecule has 0 aliphatic heterocycles. The van der Waals surface area contributed by atoms with E-state index < -0.39 is 11.6 Å². The lowest BCUT2D eigenvalue weighted by atomic mass is 9.77. The molecule has 2 heteroatoms. The second-order valence-electron chi connectivity index (χ2n) is 9.98. The molecule has 3 aliphatic rings. The van der Waals surface area contributed by atoms with E-state index in [1.54, 1.807) is 12.1 Å². The van der Waals surface area contributed by atoms with Crippen molar-refractivity contribution in [1.82, 2.24) is 0 Å². The van der Waals surface area contributed by atoms with Crippen LogP contribution in [0.4, 0.5) is 8.78 Å². The van der Waals surface area contributed by atoms with Crippen LogP contribution in [0.15, 0.2) is 18.2 Å². The predicted molar refractivity (Wildman–Crippen MR) is 108 cm³/mol. The van der Waals surface area contributed by atoms with E-state index in [4.69, 9.17) is 0 Å². The summed E-state index contributed by atoms with van der Waals surface area (Å²) in [4.78, 5) is 0. The van der Waals surface area contributed by atoms with Gasteiger partial charge >= 0.3 is 0 Å². The fourth-order valence-corrected chi connectivity index (χ4v) is 6.75. The van der Waals surface area contributed by atoms with Crippen molar-refractivity contribution >= 4 is 0 Å². The molecule has 2 atom stereocenters. The van der Waals surface area contributed by atoms with Gasteiger partial charge in [-0.1, -0.05) is 58.3 Å². The van der Waals surface area contributed by atoms with Crippen LogP contribution in [0.25, 0.3) is 0 Å². The summed E-state index contributed by atoms with van der Waals surface area (Å²) in [6.45, 7) is 2.32. The molecule has 3 aliphatic carbocycles. The lowest BCUT2D eigenvalue weighted by Gasteiger charge is -2.29. The van der Waals surface area contributed by atoms with Gasteiger partial charge in [0.1, 0.15) is 11.6 Å². The SMILES string of the molecule is CCCC1CCC(CCC2CC3CC(c4cc(F)cc(F)c4)CC3C2)CC1. The van der Waals surface area contributed by atoms with Crippen molar-refractivity contribution in [3.8, 4) is 0 Å². The third kappa shape index (κ3) is 4.74. The van der Waals surface area contributed by atoms with E-state index in [1.807, 2.05) is 0 Å². The van der Waals surface area contributed by atoms with Crippen molar-refractivity contribution in [3.05, 3.63) is 35.4 Å². The Morgan fingerprint density at radius 3 is 1.78 bits per heavy atom. The highest BCUT2D eigenvalue weighted by Gasteiger charge is 2.42. The second kappa shape index (κ2) is 8.62. The van der Waals surface area contributed by atoms with Crippen LogP contribution in [-0.4, -0.2) is 0 Å². The molecule has 1 aromatic rings. The zero-order valence-electron chi connectivity index (χ0n) is 16.9. The van der Waals surface area contributed by atoms with E-state index in [-0.39, 0.29) is 0 Å². The van der Waals surface area contributed by atoms with Crippen LogP contribution in [0.3, 0.4) is 0 Å². The highest BCUT2D eigenvalue weighted by atomic mass is 19.1. The third-order valence-electron chi connectivity index (χ3n) is 8.12. The molecular formula is C25H36F2. The Labute approximate surface area is 164 Å². The van der Waals surface area contributed by atoms with Crippen LogP contribution < -0.4 is 0 Å². The van der Waals surface area contributed by atoms with E-state index in [9.17, 15) is 8.78 Å². The number of benzene rings is 1. The zero-order chi connectivity index (χ0) is 18.8. The van der Waals surface area contributed by atoms with Gasteiger partial charge in [-0.2, -0.15) is 0 Å². The molecule has 0 radical (unpaired) electrons. The summed E-state index contributed by atoms with van der Waals surface area (Å²) in [6, 6.07) is 4.10. The summed E-state index contributed by atoms with van der Waals surface area (Å²) in [7, 11) is 0. The zero-order valence-corrected chi connectivity index (χ0v) is 16.9. The lowest BCUT2D eigenvalue weighted by Crippen LogP contribution is -2.15. The van der Waals surface area contributed by atoms with Crippen molar-refractivity contribution in [2.75, 3.05) is 0 Å². The predicted octanol–water partition coefficient (Wildman–Crippen LogP) is 7.87. The molecule has 0 nitrogen and oxygen atoms in total. The van der Waals surface area contributed by atoms with Crippen LogP contribution >= 0.6 is 0 Å². The minimum absolute atomic E-state index is 0.375. The van der Waals surface area contributed by atoms with Gasteiger partial charge in [-0.25, -0.2) is 8.78 Å². The first-order valence-electron chi connectivity index (χ1n) is 11.6. The van der Waals surface area contributed by atoms with Gasteiger partial charge in [-0.15, -0.1) is 0 Å². The topological polar surface area (TPSA) is 0 Å². The van der Waals surface area contributed by atoms with Crippen LogP contribution in [0.2, 0.25) is 0 Å². The third-order valence-corrected chi connectivity index (χ3v) is 8.12. The molecule has 0 aromatic heterocycles. The van der Waals surface area contributed by atoms with Gasteiger partial charge in [-0.3, -0.25) is 0 Å². The van der Waals surface area contributed by atoms with Crippen molar-refractivity contribution in [3.63, 3.8) is 0 Å². The fourth-order valence-electron chi connectivity index (χ4n) is 6.75. The summed E-state index contributed by atoms with van der Waals surface area (Å²) < 4.78 is 27.1. The molecule has 0 bridgehead atoms.